The van der Waals surface area contributed by atoms with Gasteiger partial charge in [0, 0.05) is 12.8 Å². The molecule has 54 heavy (non-hydrogen) atoms. The Morgan fingerprint density at radius 3 is 1.96 bits per heavy atom. The summed E-state index contributed by atoms with van der Waals surface area (Å²) in [5.41, 5.74) is 0. The number of ether oxygens (including phenoxy) is 8. The summed E-state index contributed by atoms with van der Waals surface area (Å²) in [4.78, 5) is 23.9. The van der Waals surface area contributed by atoms with Gasteiger partial charge in [-0.25, -0.2) is 0 Å². The maximum Gasteiger partial charge on any atom is 0.332 e. The molecular weight excluding hydrogens is 738 g/mol. The molecule has 0 aromatic rings. The molecule has 0 bridgehead atoms. The molecule has 4 fully saturated rings. The van der Waals surface area contributed by atoms with E-state index >= 15 is 0 Å². The van der Waals surface area contributed by atoms with Gasteiger partial charge in [-0.2, -0.15) is 0 Å². The molecule has 0 saturated carbocycles. The number of carbonyl (C=O) groups is 2. The van der Waals surface area contributed by atoms with E-state index in [1.54, 1.807) is 0 Å². The monoisotopic (exact) mass is 791 g/mol. The third-order valence-electron chi connectivity index (χ3n) is 10.1. The number of aliphatic hydroxyl groups is 12. The van der Waals surface area contributed by atoms with Gasteiger partial charge < -0.3 is 104 Å². The Hall–Kier alpha value is -1.82. The van der Waals surface area contributed by atoms with E-state index in [1.165, 1.54) is 13.8 Å². The summed E-state index contributed by atoms with van der Waals surface area (Å²) in [7, 11) is 0. The first-order valence-corrected chi connectivity index (χ1v) is 17.4. The van der Waals surface area contributed by atoms with Crippen LogP contribution >= 0.6 is 0 Å². The molecule has 0 aromatic carbocycles. The van der Waals surface area contributed by atoms with E-state index in [1.807, 2.05) is 0 Å². The lowest BCUT2D eigenvalue weighted by atomic mass is 9.87. The minimum atomic E-state index is -2.67. The summed E-state index contributed by atoms with van der Waals surface area (Å²) >= 11 is 0. The maximum absolute atomic E-state index is 12.2. The van der Waals surface area contributed by atoms with Crippen molar-refractivity contribution in [2.45, 2.75) is 149 Å². The minimum Gasteiger partial charge on any atom is -0.410 e. The predicted molar refractivity (Wildman–Crippen MR) is 169 cm³/mol. The van der Waals surface area contributed by atoms with Gasteiger partial charge in [-0.05, 0) is 6.92 Å². The third kappa shape index (κ3) is 9.47. The summed E-state index contributed by atoms with van der Waals surface area (Å²) in [6.45, 7) is 0.420. The quantitative estimate of drug-likeness (QED) is 0.0541. The van der Waals surface area contributed by atoms with E-state index in [9.17, 15) is 70.9 Å². The molecule has 314 valence electrons. The van der Waals surface area contributed by atoms with Gasteiger partial charge in [0.2, 0.25) is 5.91 Å². The van der Waals surface area contributed by atoms with Crippen molar-refractivity contribution in [2.75, 3.05) is 26.4 Å². The number of amides is 1. The van der Waals surface area contributed by atoms with E-state index in [2.05, 4.69) is 5.32 Å². The normalized spacial score (nSPS) is 47.0. The Bertz CT molecular complexity index is 1210. The molecule has 8 unspecified atom stereocenters. The molecule has 4 rings (SSSR count). The van der Waals surface area contributed by atoms with Crippen LogP contribution in [0, 0.1) is 5.92 Å². The van der Waals surface area contributed by atoms with Crippen LogP contribution in [0.15, 0.2) is 0 Å². The van der Waals surface area contributed by atoms with E-state index in [0.717, 1.165) is 6.92 Å². The van der Waals surface area contributed by atoms with Crippen LogP contribution < -0.4 is 5.32 Å². The van der Waals surface area contributed by atoms with Gasteiger partial charge in [0.15, 0.2) is 12.6 Å². The van der Waals surface area contributed by atoms with Crippen LogP contribution in [0.2, 0.25) is 0 Å². The molecule has 0 radical (unpaired) electrons. The van der Waals surface area contributed by atoms with Gasteiger partial charge >= 0.3 is 5.97 Å². The van der Waals surface area contributed by atoms with Crippen molar-refractivity contribution < 1.29 is 109 Å². The van der Waals surface area contributed by atoms with Crippen molar-refractivity contribution in [1.29, 1.82) is 0 Å². The van der Waals surface area contributed by atoms with Crippen molar-refractivity contribution in [3.8, 4) is 0 Å². The summed E-state index contributed by atoms with van der Waals surface area (Å²) in [6, 6.07) is -1.53. The van der Waals surface area contributed by atoms with E-state index < -0.39 is 167 Å². The van der Waals surface area contributed by atoms with Gasteiger partial charge in [0.05, 0.1) is 51.2 Å². The van der Waals surface area contributed by atoms with Crippen molar-refractivity contribution in [3.63, 3.8) is 0 Å². The van der Waals surface area contributed by atoms with Gasteiger partial charge in [-0.3, -0.25) is 9.59 Å². The average molecular weight is 792 g/mol. The molecule has 4 heterocycles. The number of nitrogens with one attached hydrogen (secondary N) is 1. The number of carbonyl (C=O) groups excluding carboxylic acids is 2. The first kappa shape index (κ1) is 44.9. The minimum absolute atomic E-state index is 0.155. The fraction of sp³-hybridized carbons (Fsp3) is 0.935. The fourth-order valence-electron chi connectivity index (χ4n) is 7.01. The molecule has 4 saturated heterocycles. The Kier molecular flexibility index (Phi) is 15.9. The van der Waals surface area contributed by atoms with E-state index in [0.29, 0.717) is 0 Å². The smallest absolute Gasteiger partial charge is 0.332 e. The molecule has 23 nitrogen and oxygen atoms in total. The summed E-state index contributed by atoms with van der Waals surface area (Å²) < 4.78 is 45.2. The van der Waals surface area contributed by atoms with Gasteiger partial charge in [0.25, 0.3) is 6.47 Å². The van der Waals surface area contributed by atoms with Crippen LogP contribution in [0.1, 0.15) is 27.2 Å². The molecule has 0 aliphatic carbocycles. The molecular formula is C31H53NO22. The highest BCUT2D eigenvalue weighted by Gasteiger charge is 2.58. The second-order valence-electron chi connectivity index (χ2n) is 13.8. The van der Waals surface area contributed by atoms with Crippen LogP contribution in [-0.2, 0) is 47.5 Å². The average Bonchev–Trinajstić information content (AvgIpc) is 3.14. The lowest BCUT2D eigenvalue weighted by Crippen LogP contribution is -2.69. The Balaban J connectivity index is 1.59. The lowest BCUT2D eigenvalue weighted by Gasteiger charge is -2.51. The zero-order valence-electron chi connectivity index (χ0n) is 29.6. The van der Waals surface area contributed by atoms with Gasteiger partial charge in [-0.1, -0.05) is 6.92 Å². The SMILES string of the molecule is CC(=O)NC1C(O)[C@H](O[C@@H]2OC(CO)[C@H](O)C(O[C@]3(OC=O)C[C@@H](O)[C@@H](C)C([C@H](O)C(O)CO)O3)[C@@H]2O)[C@H](CO)O[C@H]1O[C@@H]1C(O)[C@H](O)C(CO)O[C@@H]1C. The maximum atomic E-state index is 12.2. The molecule has 1 amide bonds. The zero-order valence-corrected chi connectivity index (χ0v) is 29.6. The molecule has 4 aliphatic rings. The number of hydrogen-bond donors (Lipinski definition) is 13. The highest BCUT2D eigenvalue weighted by atomic mass is 16.9. The van der Waals surface area contributed by atoms with Crippen molar-refractivity contribution >= 4 is 12.4 Å². The highest BCUT2D eigenvalue weighted by Crippen LogP contribution is 2.40. The van der Waals surface area contributed by atoms with E-state index in [-0.39, 0.29) is 6.47 Å². The lowest BCUT2D eigenvalue weighted by molar-refractivity contribution is -0.448. The van der Waals surface area contributed by atoms with Crippen LogP contribution in [0.5, 0.6) is 0 Å². The van der Waals surface area contributed by atoms with Gasteiger partial charge in [0.1, 0.15) is 85.4 Å². The molecule has 23 heteroatoms. The van der Waals surface area contributed by atoms with Crippen LogP contribution in [0.4, 0.5) is 0 Å². The number of hydrogen-bond acceptors (Lipinski definition) is 22. The molecule has 0 spiro atoms. The number of rotatable bonds is 15. The Morgan fingerprint density at radius 2 is 1.39 bits per heavy atom. The van der Waals surface area contributed by atoms with Crippen molar-refractivity contribution in [1.82, 2.24) is 5.32 Å². The predicted octanol–water partition coefficient (Wildman–Crippen LogP) is -8.01. The molecule has 4 aliphatic heterocycles. The Labute approximate surface area is 308 Å². The van der Waals surface area contributed by atoms with Crippen molar-refractivity contribution in [2.24, 2.45) is 5.92 Å². The van der Waals surface area contributed by atoms with Crippen LogP contribution in [0.25, 0.3) is 0 Å². The summed E-state index contributed by atoms with van der Waals surface area (Å²) in [5, 5.41) is 128. The second-order valence-corrected chi connectivity index (χ2v) is 13.8. The molecule has 0 aromatic heterocycles. The first-order chi connectivity index (χ1) is 25.5. The first-order valence-electron chi connectivity index (χ1n) is 17.4. The molecule has 21 atom stereocenters. The van der Waals surface area contributed by atoms with Gasteiger partial charge in [-0.15, -0.1) is 0 Å². The van der Waals surface area contributed by atoms with Crippen LogP contribution in [0.3, 0.4) is 0 Å². The summed E-state index contributed by atoms with van der Waals surface area (Å²) in [6.07, 6.45) is -30.4. The largest absolute Gasteiger partial charge is 0.410 e. The fourth-order valence-corrected chi connectivity index (χ4v) is 7.01. The second kappa shape index (κ2) is 19.1. The van der Waals surface area contributed by atoms with Crippen molar-refractivity contribution in [3.05, 3.63) is 0 Å². The highest BCUT2D eigenvalue weighted by molar-refractivity contribution is 5.73. The third-order valence-corrected chi connectivity index (χ3v) is 10.1. The topological polar surface area (TPSA) is 363 Å². The summed E-state index contributed by atoms with van der Waals surface area (Å²) in [5.74, 6) is -4.33. The zero-order chi connectivity index (χ0) is 40.2. The molecule has 13 N–H and O–H groups in total. The van der Waals surface area contributed by atoms with E-state index in [4.69, 9.17) is 37.9 Å². The van der Waals surface area contributed by atoms with Crippen LogP contribution in [-0.4, -0.2) is 222 Å². The standard InChI is InChI=1S/C31H53NO22/c1-10-13(39)4-31(47-9-37,53-25(10)19(41)14(40)5-33)54-28-21(43)16(7-35)49-30(24(28)46)52-27-17(8-36)50-29(18(22(27)44)32-12(3)38)51-26-11(2)48-15(6-34)20(42)23(26)45/h9-11,13-30,33-36,39-46H,4-8H2,1-3H3,(H,32,38)/t10-,11-,13-,14?,15?,16?,17+,18?,19-,20-,21+,22?,23?,24+,25?,26+,27-,28?,29+,30+,31+/m1/s1. The number of aliphatic hydroxyl groups excluding tert-OH is 12. The Morgan fingerprint density at radius 1 is 0.796 bits per heavy atom.